The Kier molecular flexibility index (Phi) is 4.88. The first-order valence-electron chi connectivity index (χ1n) is 7.68. The van der Waals surface area contributed by atoms with Crippen LogP contribution < -0.4 is 5.43 Å². The molecule has 0 atom stereocenters. The fourth-order valence-corrected chi connectivity index (χ4v) is 2.41. The number of hydrazone groups is 1. The van der Waals surface area contributed by atoms with Crippen molar-refractivity contribution < 1.29 is 18.0 Å². The highest BCUT2D eigenvalue weighted by Crippen LogP contribution is 2.29. The van der Waals surface area contributed by atoms with E-state index in [0.717, 1.165) is 12.1 Å². The van der Waals surface area contributed by atoms with Gasteiger partial charge in [-0.1, -0.05) is 24.3 Å². The number of carbonyl (C=O) groups is 1. The van der Waals surface area contributed by atoms with E-state index in [2.05, 4.69) is 10.5 Å². The molecule has 0 saturated carbocycles. The van der Waals surface area contributed by atoms with Crippen molar-refractivity contribution in [2.45, 2.75) is 6.18 Å². The third-order valence-electron chi connectivity index (χ3n) is 3.62. The van der Waals surface area contributed by atoms with Crippen molar-refractivity contribution in [3.05, 3.63) is 89.7 Å². The lowest BCUT2D eigenvalue weighted by molar-refractivity contribution is -0.137. The SMILES string of the molecule is O=C(NN=Cc1cccc(C(F)(F)F)c1)c1ccccc1-n1cccc1. The molecule has 26 heavy (non-hydrogen) atoms. The number of alkyl halides is 3. The summed E-state index contributed by atoms with van der Waals surface area (Å²) in [6, 6.07) is 15.3. The number of carbonyl (C=O) groups excluding carboxylic acids is 1. The molecule has 0 bridgehead atoms. The van der Waals surface area contributed by atoms with Crippen LogP contribution in [0.3, 0.4) is 0 Å². The van der Waals surface area contributed by atoms with E-state index in [0.29, 0.717) is 11.3 Å². The monoisotopic (exact) mass is 357 g/mol. The van der Waals surface area contributed by atoms with Gasteiger partial charge < -0.3 is 4.57 Å². The quantitative estimate of drug-likeness (QED) is 0.550. The zero-order chi connectivity index (χ0) is 18.6. The highest BCUT2D eigenvalue weighted by Gasteiger charge is 2.30. The fraction of sp³-hybridized carbons (Fsp3) is 0.0526. The second-order valence-electron chi connectivity index (χ2n) is 5.43. The molecule has 1 aromatic heterocycles. The number of hydrogen-bond donors (Lipinski definition) is 1. The number of nitrogens with one attached hydrogen (secondary N) is 1. The van der Waals surface area contributed by atoms with Gasteiger partial charge in [0.25, 0.3) is 5.91 Å². The molecule has 3 rings (SSSR count). The predicted octanol–water partition coefficient (Wildman–Crippen LogP) is 4.26. The Balaban J connectivity index is 1.75. The summed E-state index contributed by atoms with van der Waals surface area (Å²) in [4.78, 5) is 12.4. The van der Waals surface area contributed by atoms with Crippen LogP contribution in [-0.4, -0.2) is 16.7 Å². The normalized spacial score (nSPS) is 11.7. The van der Waals surface area contributed by atoms with Crippen molar-refractivity contribution in [1.29, 1.82) is 0 Å². The van der Waals surface area contributed by atoms with E-state index in [-0.39, 0.29) is 5.56 Å². The largest absolute Gasteiger partial charge is 0.416 e. The molecule has 1 heterocycles. The maximum Gasteiger partial charge on any atom is 0.416 e. The molecule has 0 aliphatic rings. The Bertz CT molecular complexity index is 931. The molecular formula is C19H14F3N3O. The number of aromatic nitrogens is 1. The molecule has 0 spiro atoms. The minimum Gasteiger partial charge on any atom is -0.323 e. The minimum atomic E-state index is -4.43. The maximum atomic E-state index is 12.7. The summed E-state index contributed by atoms with van der Waals surface area (Å²) < 4.78 is 39.9. The molecule has 1 N–H and O–H groups in total. The highest BCUT2D eigenvalue weighted by atomic mass is 19.4. The zero-order valence-corrected chi connectivity index (χ0v) is 13.4. The summed E-state index contributed by atoms with van der Waals surface area (Å²) in [5.74, 6) is -0.461. The van der Waals surface area contributed by atoms with Crippen molar-refractivity contribution in [3.63, 3.8) is 0 Å². The van der Waals surface area contributed by atoms with Crippen LogP contribution in [0.15, 0.2) is 78.2 Å². The van der Waals surface area contributed by atoms with E-state index in [1.807, 2.05) is 12.1 Å². The lowest BCUT2D eigenvalue weighted by Crippen LogP contribution is -2.19. The molecule has 0 aliphatic heterocycles. The number of halogens is 3. The molecule has 3 aromatic rings. The molecule has 0 aliphatic carbocycles. The first kappa shape index (κ1) is 17.5. The van der Waals surface area contributed by atoms with Gasteiger partial charge in [0.05, 0.1) is 23.0 Å². The number of amides is 1. The Hall–Kier alpha value is -3.35. The van der Waals surface area contributed by atoms with E-state index >= 15 is 0 Å². The molecule has 2 aromatic carbocycles. The van der Waals surface area contributed by atoms with E-state index in [9.17, 15) is 18.0 Å². The van der Waals surface area contributed by atoms with Gasteiger partial charge in [-0.3, -0.25) is 4.79 Å². The molecule has 7 heteroatoms. The Morgan fingerprint density at radius 2 is 1.73 bits per heavy atom. The molecule has 4 nitrogen and oxygen atoms in total. The second kappa shape index (κ2) is 7.26. The maximum absolute atomic E-state index is 12.7. The molecular weight excluding hydrogens is 343 g/mol. The first-order valence-corrected chi connectivity index (χ1v) is 7.68. The summed E-state index contributed by atoms with van der Waals surface area (Å²) in [5, 5.41) is 3.76. The molecule has 1 amide bonds. The third kappa shape index (κ3) is 4.00. The van der Waals surface area contributed by atoms with Gasteiger partial charge in [-0.15, -0.1) is 0 Å². The number of para-hydroxylation sites is 1. The van der Waals surface area contributed by atoms with Crippen LogP contribution in [0.2, 0.25) is 0 Å². The van der Waals surface area contributed by atoms with Gasteiger partial charge in [0.1, 0.15) is 0 Å². The van der Waals surface area contributed by atoms with Gasteiger partial charge in [0.15, 0.2) is 0 Å². The van der Waals surface area contributed by atoms with Gasteiger partial charge in [0.2, 0.25) is 0 Å². The van der Waals surface area contributed by atoms with Gasteiger partial charge in [-0.25, -0.2) is 5.43 Å². The number of rotatable bonds is 4. The van der Waals surface area contributed by atoms with E-state index in [4.69, 9.17) is 0 Å². The molecule has 0 saturated heterocycles. The topological polar surface area (TPSA) is 46.4 Å². The second-order valence-corrected chi connectivity index (χ2v) is 5.43. The smallest absolute Gasteiger partial charge is 0.323 e. The summed E-state index contributed by atoms with van der Waals surface area (Å²) in [6.07, 6.45) is 0.351. The summed E-state index contributed by atoms with van der Waals surface area (Å²) >= 11 is 0. The predicted molar refractivity (Wildman–Crippen MR) is 92.3 cm³/mol. The fourth-order valence-electron chi connectivity index (χ4n) is 2.41. The van der Waals surface area contributed by atoms with Crippen LogP contribution in [0, 0.1) is 0 Å². The Morgan fingerprint density at radius 3 is 2.46 bits per heavy atom. The Morgan fingerprint density at radius 1 is 1.00 bits per heavy atom. The standard InChI is InChI=1S/C19H14F3N3O/c20-19(21,22)15-7-5-6-14(12-15)13-23-24-18(26)16-8-1-2-9-17(16)25-10-3-4-11-25/h1-13H,(H,24,26). The third-order valence-corrected chi connectivity index (χ3v) is 3.62. The molecule has 0 fully saturated rings. The summed E-state index contributed by atoms with van der Waals surface area (Å²) in [7, 11) is 0. The van der Waals surface area contributed by atoms with Crippen LogP contribution in [0.1, 0.15) is 21.5 Å². The van der Waals surface area contributed by atoms with E-state index < -0.39 is 17.6 Å². The van der Waals surface area contributed by atoms with Crippen LogP contribution >= 0.6 is 0 Å². The van der Waals surface area contributed by atoms with Gasteiger partial charge in [-0.2, -0.15) is 18.3 Å². The number of nitrogens with zero attached hydrogens (tertiary/aromatic N) is 2. The van der Waals surface area contributed by atoms with Gasteiger partial charge >= 0.3 is 6.18 Å². The van der Waals surface area contributed by atoms with Crippen molar-refractivity contribution in [2.24, 2.45) is 5.10 Å². The van der Waals surface area contributed by atoms with Crippen LogP contribution in [-0.2, 0) is 6.18 Å². The summed E-state index contributed by atoms with van der Waals surface area (Å²) in [5.41, 5.74) is 2.87. The van der Waals surface area contributed by atoms with Gasteiger partial charge in [0, 0.05) is 12.4 Å². The lowest BCUT2D eigenvalue weighted by atomic mass is 10.1. The van der Waals surface area contributed by atoms with Crippen molar-refractivity contribution >= 4 is 12.1 Å². The molecule has 0 unspecified atom stereocenters. The van der Waals surface area contributed by atoms with Crippen molar-refractivity contribution in [1.82, 2.24) is 9.99 Å². The first-order chi connectivity index (χ1) is 12.4. The van der Waals surface area contributed by atoms with E-state index in [1.54, 1.807) is 41.2 Å². The number of hydrogen-bond acceptors (Lipinski definition) is 2. The van der Waals surface area contributed by atoms with E-state index in [1.165, 1.54) is 18.3 Å². The molecule has 132 valence electrons. The highest BCUT2D eigenvalue weighted by molar-refractivity contribution is 5.98. The van der Waals surface area contributed by atoms with Crippen LogP contribution in [0.5, 0.6) is 0 Å². The van der Waals surface area contributed by atoms with Crippen molar-refractivity contribution in [3.8, 4) is 5.69 Å². The molecule has 0 radical (unpaired) electrons. The summed E-state index contributed by atoms with van der Waals surface area (Å²) in [6.45, 7) is 0. The number of benzene rings is 2. The lowest BCUT2D eigenvalue weighted by Gasteiger charge is -2.09. The van der Waals surface area contributed by atoms with Crippen molar-refractivity contribution in [2.75, 3.05) is 0 Å². The average molecular weight is 357 g/mol. The van der Waals surface area contributed by atoms with Gasteiger partial charge in [-0.05, 0) is 42.0 Å². The van der Waals surface area contributed by atoms with Crippen LogP contribution in [0.25, 0.3) is 5.69 Å². The minimum absolute atomic E-state index is 0.235. The Labute approximate surface area is 147 Å². The zero-order valence-electron chi connectivity index (χ0n) is 13.4. The average Bonchev–Trinajstić information content (AvgIpc) is 3.16. The van der Waals surface area contributed by atoms with Crippen LogP contribution in [0.4, 0.5) is 13.2 Å².